The van der Waals surface area contributed by atoms with Crippen LogP contribution in [0.4, 0.5) is 0 Å². The van der Waals surface area contributed by atoms with Crippen LogP contribution in [0.2, 0.25) is 0 Å². The average Bonchev–Trinajstić information content (AvgIpc) is 1.94. The van der Waals surface area contributed by atoms with Crippen LogP contribution in [0.15, 0.2) is 0 Å². The number of hydrogen-bond donors (Lipinski definition) is 2. The standard InChI is InChI=1S/C7H15NO2/c1-10-5-6-2-3-8-4-7(6)9/h6-9H,2-5H2,1H3/t6-,7-/m1/s1. The first-order valence-corrected chi connectivity index (χ1v) is 3.72. The van der Waals surface area contributed by atoms with Gasteiger partial charge in [0.2, 0.25) is 0 Å². The quantitative estimate of drug-likeness (QED) is 0.555. The van der Waals surface area contributed by atoms with E-state index in [9.17, 15) is 5.11 Å². The van der Waals surface area contributed by atoms with E-state index in [1.54, 1.807) is 7.11 Å². The maximum atomic E-state index is 9.36. The van der Waals surface area contributed by atoms with E-state index in [2.05, 4.69) is 5.32 Å². The van der Waals surface area contributed by atoms with E-state index in [0.717, 1.165) is 13.0 Å². The van der Waals surface area contributed by atoms with Crippen molar-refractivity contribution in [3.63, 3.8) is 0 Å². The van der Waals surface area contributed by atoms with Gasteiger partial charge in [-0.1, -0.05) is 0 Å². The molecular formula is C7H15NO2. The molecule has 0 aromatic heterocycles. The Labute approximate surface area is 61.4 Å². The van der Waals surface area contributed by atoms with Crippen molar-refractivity contribution >= 4 is 0 Å². The fourth-order valence-corrected chi connectivity index (χ4v) is 1.30. The summed E-state index contributed by atoms with van der Waals surface area (Å²) in [5.41, 5.74) is 0. The minimum absolute atomic E-state index is 0.214. The third-order valence-corrected chi connectivity index (χ3v) is 1.97. The molecule has 0 unspecified atom stereocenters. The van der Waals surface area contributed by atoms with Crippen LogP contribution >= 0.6 is 0 Å². The van der Waals surface area contributed by atoms with E-state index in [4.69, 9.17) is 4.74 Å². The number of rotatable bonds is 2. The number of methoxy groups -OCH3 is 1. The van der Waals surface area contributed by atoms with Gasteiger partial charge in [0.15, 0.2) is 0 Å². The number of piperidine rings is 1. The van der Waals surface area contributed by atoms with E-state index in [1.165, 1.54) is 0 Å². The average molecular weight is 145 g/mol. The van der Waals surface area contributed by atoms with Crippen molar-refractivity contribution in [2.75, 3.05) is 26.8 Å². The smallest absolute Gasteiger partial charge is 0.0715 e. The second-order valence-electron chi connectivity index (χ2n) is 2.78. The molecule has 0 aliphatic carbocycles. The van der Waals surface area contributed by atoms with E-state index in [0.29, 0.717) is 19.1 Å². The Morgan fingerprint density at radius 3 is 3.10 bits per heavy atom. The van der Waals surface area contributed by atoms with Crippen LogP contribution in [-0.4, -0.2) is 38.0 Å². The number of aliphatic hydroxyl groups is 1. The van der Waals surface area contributed by atoms with Gasteiger partial charge in [0, 0.05) is 19.6 Å². The molecule has 1 rings (SSSR count). The van der Waals surface area contributed by atoms with Gasteiger partial charge in [-0.2, -0.15) is 0 Å². The maximum Gasteiger partial charge on any atom is 0.0715 e. The number of hydrogen-bond acceptors (Lipinski definition) is 3. The third-order valence-electron chi connectivity index (χ3n) is 1.97. The molecule has 0 bridgehead atoms. The monoisotopic (exact) mass is 145 g/mol. The van der Waals surface area contributed by atoms with Gasteiger partial charge in [-0.05, 0) is 13.0 Å². The minimum Gasteiger partial charge on any atom is -0.391 e. The van der Waals surface area contributed by atoms with Gasteiger partial charge in [0.1, 0.15) is 0 Å². The Kier molecular flexibility index (Phi) is 3.12. The summed E-state index contributed by atoms with van der Waals surface area (Å²) < 4.78 is 4.96. The second kappa shape index (κ2) is 3.91. The van der Waals surface area contributed by atoms with Gasteiger partial charge < -0.3 is 15.2 Å². The van der Waals surface area contributed by atoms with Gasteiger partial charge in [0.25, 0.3) is 0 Å². The highest BCUT2D eigenvalue weighted by Gasteiger charge is 2.21. The summed E-state index contributed by atoms with van der Waals surface area (Å²) >= 11 is 0. The molecule has 0 amide bonds. The Balaban J connectivity index is 2.25. The Morgan fingerprint density at radius 1 is 1.70 bits per heavy atom. The zero-order chi connectivity index (χ0) is 7.40. The van der Waals surface area contributed by atoms with Crippen molar-refractivity contribution in [1.29, 1.82) is 0 Å². The normalized spacial score (nSPS) is 34.2. The fraction of sp³-hybridized carbons (Fsp3) is 1.00. The van der Waals surface area contributed by atoms with Crippen molar-refractivity contribution in [3.05, 3.63) is 0 Å². The number of aliphatic hydroxyl groups excluding tert-OH is 1. The fourth-order valence-electron chi connectivity index (χ4n) is 1.30. The molecule has 1 aliphatic heterocycles. The largest absolute Gasteiger partial charge is 0.391 e. The zero-order valence-corrected chi connectivity index (χ0v) is 6.34. The number of β-amino-alcohol motifs (C(OH)–C–C–N with tert-alkyl or cyclic N) is 1. The lowest BCUT2D eigenvalue weighted by atomic mass is 9.96. The lowest BCUT2D eigenvalue weighted by Gasteiger charge is -2.27. The molecule has 1 heterocycles. The molecule has 0 radical (unpaired) electrons. The van der Waals surface area contributed by atoms with Gasteiger partial charge in [-0.15, -0.1) is 0 Å². The van der Waals surface area contributed by atoms with E-state index in [1.807, 2.05) is 0 Å². The molecular weight excluding hydrogens is 130 g/mol. The summed E-state index contributed by atoms with van der Waals surface area (Å²) in [5.74, 6) is 0.339. The molecule has 10 heavy (non-hydrogen) atoms. The van der Waals surface area contributed by atoms with Gasteiger partial charge in [0.05, 0.1) is 12.7 Å². The van der Waals surface area contributed by atoms with Crippen molar-refractivity contribution in [2.24, 2.45) is 5.92 Å². The van der Waals surface area contributed by atoms with Gasteiger partial charge >= 0.3 is 0 Å². The number of nitrogens with one attached hydrogen (secondary N) is 1. The molecule has 1 fully saturated rings. The topological polar surface area (TPSA) is 41.5 Å². The van der Waals surface area contributed by atoms with Crippen LogP contribution in [0.5, 0.6) is 0 Å². The summed E-state index contributed by atoms with van der Waals surface area (Å²) in [4.78, 5) is 0. The SMILES string of the molecule is COC[C@H]1CCNC[C@H]1O. The van der Waals surface area contributed by atoms with Crippen molar-refractivity contribution in [3.8, 4) is 0 Å². The summed E-state index contributed by atoms with van der Waals surface area (Å²) in [6.07, 6.45) is 0.809. The lowest BCUT2D eigenvalue weighted by Crippen LogP contribution is -2.42. The zero-order valence-electron chi connectivity index (χ0n) is 6.34. The van der Waals surface area contributed by atoms with Crippen molar-refractivity contribution in [1.82, 2.24) is 5.32 Å². The van der Waals surface area contributed by atoms with Crippen LogP contribution in [-0.2, 0) is 4.74 Å². The molecule has 1 aliphatic rings. The molecule has 0 saturated carbocycles. The Hall–Kier alpha value is -0.120. The van der Waals surface area contributed by atoms with Gasteiger partial charge in [-0.3, -0.25) is 0 Å². The molecule has 0 aromatic carbocycles. The molecule has 0 aromatic rings. The third kappa shape index (κ3) is 1.94. The summed E-state index contributed by atoms with van der Waals surface area (Å²) in [6.45, 7) is 2.40. The summed E-state index contributed by atoms with van der Waals surface area (Å²) in [7, 11) is 1.68. The predicted octanol–water partition coefficient (Wildman–Crippen LogP) is -0.397. The van der Waals surface area contributed by atoms with Crippen LogP contribution in [0.1, 0.15) is 6.42 Å². The molecule has 3 nitrogen and oxygen atoms in total. The maximum absolute atomic E-state index is 9.36. The predicted molar refractivity (Wildman–Crippen MR) is 38.9 cm³/mol. The first-order chi connectivity index (χ1) is 4.84. The highest BCUT2D eigenvalue weighted by atomic mass is 16.5. The molecule has 60 valence electrons. The molecule has 2 N–H and O–H groups in total. The molecule has 3 heteroatoms. The van der Waals surface area contributed by atoms with E-state index >= 15 is 0 Å². The van der Waals surface area contributed by atoms with E-state index in [-0.39, 0.29) is 6.10 Å². The molecule has 1 saturated heterocycles. The highest BCUT2D eigenvalue weighted by Crippen LogP contribution is 2.11. The number of ether oxygens (including phenoxy) is 1. The Bertz CT molecular complexity index is 95.6. The molecule has 2 atom stereocenters. The first-order valence-electron chi connectivity index (χ1n) is 3.72. The van der Waals surface area contributed by atoms with Gasteiger partial charge in [-0.25, -0.2) is 0 Å². The highest BCUT2D eigenvalue weighted by molar-refractivity contribution is 4.76. The van der Waals surface area contributed by atoms with Crippen LogP contribution in [0.25, 0.3) is 0 Å². The second-order valence-corrected chi connectivity index (χ2v) is 2.78. The van der Waals surface area contributed by atoms with Crippen molar-refractivity contribution in [2.45, 2.75) is 12.5 Å². The van der Waals surface area contributed by atoms with Crippen molar-refractivity contribution < 1.29 is 9.84 Å². The summed E-state index contributed by atoms with van der Waals surface area (Å²) in [6, 6.07) is 0. The lowest BCUT2D eigenvalue weighted by molar-refractivity contribution is 0.0296. The summed E-state index contributed by atoms with van der Waals surface area (Å²) in [5, 5.41) is 12.5. The molecule has 0 spiro atoms. The minimum atomic E-state index is -0.214. The van der Waals surface area contributed by atoms with Crippen LogP contribution in [0.3, 0.4) is 0 Å². The first kappa shape index (κ1) is 7.98. The Morgan fingerprint density at radius 2 is 2.50 bits per heavy atom. The van der Waals surface area contributed by atoms with Crippen LogP contribution < -0.4 is 5.32 Å². The van der Waals surface area contributed by atoms with Crippen LogP contribution in [0, 0.1) is 5.92 Å². The van der Waals surface area contributed by atoms with E-state index < -0.39 is 0 Å².